The van der Waals surface area contributed by atoms with E-state index in [4.69, 9.17) is 5.11 Å². The zero-order valence-electron chi connectivity index (χ0n) is 13.7. The first-order valence-electron chi connectivity index (χ1n) is 7.93. The Morgan fingerprint density at radius 3 is 2.48 bits per heavy atom. The van der Waals surface area contributed by atoms with Crippen molar-refractivity contribution in [1.82, 2.24) is 0 Å². The zero-order chi connectivity index (χ0) is 16.7. The van der Waals surface area contributed by atoms with Gasteiger partial charge in [0, 0.05) is 17.4 Å². The van der Waals surface area contributed by atoms with Gasteiger partial charge in [-0.3, -0.25) is 4.79 Å². The van der Waals surface area contributed by atoms with Gasteiger partial charge in [-0.1, -0.05) is 42.8 Å². The van der Waals surface area contributed by atoms with Crippen LogP contribution in [0.5, 0.6) is 0 Å². The lowest BCUT2D eigenvalue weighted by molar-refractivity contribution is -0.118. The molecule has 0 saturated heterocycles. The van der Waals surface area contributed by atoms with E-state index in [-0.39, 0.29) is 0 Å². The summed E-state index contributed by atoms with van der Waals surface area (Å²) < 4.78 is 0. The Bertz CT molecular complexity index is 638. The Morgan fingerprint density at radius 2 is 1.83 bits per heavy atom. The molecular weight excluding hydrogens is 288 g/mol. The molecule has 1 unspecified atom stereocenters. The van der Waals surface area contributed by atoms with Gasteiger partial charge in [0.15, 0.2) is 0 Å². The van der Waals surface area contributed by atoms with Gasteiger partial charge in [0.25, 0.3) is 0 Å². The molecule has 23 heavy (non-hydrogen) atoms. The van der Waals surface area contributed by atoms with Crippen LogP contribution in [-0.2, 0) is 11.2 Å². The quantitative estimate of drug-likeness (QED) is 0.734. The van der Waals surface area contributed by atoms with E-state index in [0.29, 0.717) is 11.7 Å². The van der Waals surface area contributed by atoms with E-state index in [1.807, 2.05) is 18.2 Å². The number of aliphatic hydroxyl groups is 1. The fourth-order valence-electron chi connectivity index (χ4n) is 2.43. The van der Waals surface area contributed by atoms with Crippen molar-refractivity contribution in [3.63, 3.8) is 0 Å². The minimum atomic E-state index is -0.511. The molecule has 2 rings (SSSR count). The first kappa shape index (κ1) is 17.0. The van der Waals surface area contributed by atoms with E-state index in [1.165, 1.54) is 11.1 Å². The maximum Gasteiger partial charge on any atom is 0.250 e. The summed E-state index contributed by atoms with van der Waals surface area (Å²) in [5.41, 5.74) is 4.21. The number of aliphatic hydroxyl groups excluding tert-OH is 1. The number of nitrogens with one attached hydrogen (secondary N) is 2. The lowest BCUT2D eigenvalue weighted by Crippen LogP contribution is -2.21. The van der Waals surface area contributed by atoms with Crippen molar-refractivity contribution in [2.24, 2.45) is 0 Å². The Kier molecular flexibility index (Phi) is 6.18. The van der Waals surface area contributed by atoms with Crippen LogP contribution in [0.1, 0.15) is 24.5 Å². The topological polar surface area (TPSA) is 61.4 Å². The van der Waals surface area contributed by atoms with Gasteiger partial charge < -0.3 is 15.7 Å². The monoisotopic (exact) mass is 312 g/mol. The fraction of sp³-hybridized carbons (Fsp3) is 0.316. The number of amides is 1. The smallest absolute Gasteiger partial charge is 0.250 e. The van der Waals surface area contributed by atoms with Gasteiger partial charge in [-0.05, 0) is 43.5 Å². The van der Waals surface area contributed by atoms with Crippen LogP contribution < -0.4 is 10.6 Å². The Morgan fingerprint density at radius 1 is 1.13 bits per heavy atom. The van der Waals surface area contributed by atoms with Crippen molar-refractivity contribution in [3.8, 4) is 0 Å². The SMILES string of the molecule is CCC(Cc1ccc(C)cc1)Nc1cccc(NC(=O)CO)c1. The molecule has 0 aliphatic rings. The van der Waals surface area contributed by atoms with Crippen LogP contribution in [0, 0.1) is 6.92 Å². The lowest BCUT2D eigenvalue weighted by Gasteiger charge is -2.19. The highest BCUT2D eigenvalue weighted by Crippen LogP contribution is 2.18. The maximum absolute atomic E-state index is 11.3. The molecule has 0 aliphatic heterocycles. The van der Waals surface area contributed by atoms with Gasteiger partial charge in [-0.25, -0.2) is 0 Å². The van der Waals surface area contributed by atoms with Crippen LogP contribution in [0.4, 0.5) is 11.4 Å². The van der Waals surface area contributed by atoms with Crippen LogP contribution in [-0.4, -0.2) is 23.7 Å². The highest BCUT2D eigenvalue weighted by atomic mass is 16.3. The van der Waals surface area contributed by atoms with E-state index < -0.39 is 12.5 Å². The Labute approximate surface area is 137 Å². The van der Waals surface area contributed by atoms with Gasteiger partial charge in [-0.2, -0.15) is 0 Å². The maximum atomic E-state index is 11.3. The first-order valence-corrected chi connectivity index (χ1v) is 7.93. The van der Waals surface area contributed by atoms with Crippen molar-refractivity contribution in [1.29, 1.82) is 0 Å². The van der Waals surface area contributed by atoms with Crippen molar-refractivity contribution in [2.45, 2.75) is 32.7 Å². The number of hydrogen-bond acceptors (Lipinski definition) is 3. The number of carbonyl (C=O) groups is 1. The van der Waals surface area contributed by atoms with E-state index in [2.05, 4.69) is 48.7 Å². The van der Waals surface area contributed by atoms with E-state index in [9.17, 15) is 4.79 Å². The third-order valence-electron chi connectivity index (χ3n) is 3.76. The molecule has 0 spiro atoms. The number of aryl methyl sites for hydroxylation is 1. The molecule has 0 aromatic heterocycles. The second kappa shape index (κ2) is 8.34. The third-order valence-corrected chi connectivity index (χ3v) is 3.76. The van der Waals surface area contributed by atoms with Crippen LogP contribution >= 0.6 is 0 Å². The molecule has 0 saturated carbocycles. The molecule has 4 nitrogen and oxygen atoms in total. The molecule has 2 aromatic rings. The molecule has 4 heteroatoms. The minimum Gasteiger partial charge on any atom is -0.387 e. The van der Waals surface area contributed by atoms with Crippen LogP contribution in [0.15, 0.2) is 48.5 Å². The molecule has 0 heterocycles. The molecule has 0 fully saturated rings. The summed E-state index contributed by atoms with van der Waals surface area (Å²) in [5, 5.41) is 15.0. The van der Waals surface area contributed by atoms with Crippen LogP contribution in [0.3, 0.4) is 0 Å². The van der Waals surface area contributed by atoms with Crippen LogP contribution in [0.25, 0.3) is 0 Å². The predicted octanol–water partition coefficient (Wildman–Crippen LogP) is 3.36. The number of rotatable bonds is 7. The fourth-order valence-corrected chi connectivity index (χ4v) is 2.43. The van der Waals surface area contributed by atoms with Gasteiger partial charge in [0.05, 0.1) is 0 Å². The molecule has 2 aromatic carbocycles. The average Bonchev–Trinajstić information content (AvgIpc) is 2.56. The molecular formula is C19H24N2O2. The summed E-state index contributed by atoms with van der Waals surface area (Å²) in [7, 11) is 0. The van der Waals surface area contributed by atoms with Crippen molar-refractivity contribution >= 4 is 17.3 Å². The standard InChI is InChI=1S/C19H24N2O2/c1-3-16(11-15-9-7-14(2)8-10-15)20-17-5-4-6-18(12-17)21-19(23)13-22/h4-10,12,16,20,22H,3,11,13H2,1-2H3,(H,21,23). The second-order valence-electron chi connectivity index (χ2n) is 5.73. The Balaban J connectivity index is 2.02. The second-order valence-corrected chi connectivity index (χ2v) is 5.73. The molecule has 0 radical (unpaired) electrons. The molecule has 1 amide bonds. The molecule has 122 valence electrons. The summed E-state index contributed by atoms with van der Waals surface area (Å²) >= 11 is 0. The van der Waals surface area contributed by atoms with Gasteiger partial charge in [0.1, 0.15) is 6.61 Å². The van der Waals surface area contributed by atoms with Gasteiger partial charge >= 0.3 is 0 Å². The normalized spacial score (nSPS) is 11.8. The number of benzene rings is 2. The number of anilines is 2. The lowest BCUT2D eigenvalue weighted by atomic mass is 10.0. The van der Waals surface area contributed by atoms with Crippen molar-refractivity contribution in [2.75, 3.05) is 17.2 Å². The number of hydrogen-bond donors (Lipinski definition) is 3. The van der Waals surface area contributed by atoms with E-state index in [0.717, 1.165) is 18.5 Å². The summed E-state index contributed by atoms with van der Waals surface area (Å²) in [6.07, 6.45) is 1.95. The number of carbonyl (C=O) groups excluding carboxylic acids is 1. The van der Waals surface area contributed by atoms with Gasteiger partial charge in [0.2, 0.25) is 5.91 Å². The zero-order valence-corrected chi connectivity index (χ0v) is 13.7. The molecule has 3 N–H and O–H groups in total. The molecule has 1 atom stereocenters. The third kappa shape index (κ3) is 5.42. The van der Waals surface area contributed by atoms with E-state index in [1.54, 1.807) is 6.07 Å². The van der Waals surface area contributed by atoms with Crippen molar-refractivity contribution < 1.29 is 9.90 Å². The highest BCUT2D eigenvalue weighted by Gasteiger charge is 2.08. The minimum absolute atomic E-state index is 0.321. The summed E-state index contributed by atoms with van der Waals surface area (Å²) in [5.74, 6) is -0.408. The summed E-state index contributed by atoms with van der Waals surface area (Å²) in [4.78, 5) is 11.3. The van der Waals surface area contributed by atoms with Crippen molar-refractivity contribution in [3.05, 3.63) is 59.7 Å². The van der Waals surface area contributed by atoms with E-state index >= 15 is 0 Å². The largest absolute Gasteiger partial charge is 0.387 e. The summed E-state index contributed by atoms with van der Waals surface area (Å²) in [6.45, 7) is 3.73. The van der Waals surface area contributed by atoms with Gasteiger partial charge in [-0.15, -0.1) is 0 Å². The summed E-state index contributed by atoms with van der Waals surface area (Å²) in [6, 6.07) is 16.5. The average molecular weight is 312 g/mol. The first-order chi connectivity index (χ1) is 11.1. The molecule has 0 bridgehead atoms. The predicted molar refractivity (Wildman–Crippen MR) is 94.7 cm³/mol. The highest BCUT2D eigenvalue weighted by molar-refractivity contribution is 5.91. The Hall–Kier alpha value is -2.33. The van der Waals surface area contributed by atoms with Crippen LogP contribution in [0.2, 0.25) is 0 Å². The molecule has 0 aliphatic carbocycles.